The third kappa shape index (κ3) is 2.14. The van der Waals surface area contributed by atoms with Gasteiger partial charge in [-0.3, -0.25) is 0 Å². The number of halogens is 1. The summed E-state index contributed by atoms with van der Waals surface area (Å²) in [6, 6.07) is 0. The normalized spacial score (nSPS) is 12.0. The molecular weight excluding hydrogens is 97.0 g/mol. The van der Waals surface area contributed by atoms with Crippen LogP contribution in [0.25, 0.3) is 0 Å². The van der Waals surface area contributed by atoms with Gasteiger partial charge in [-0.25, -0.2) is 4.39 Å². The van der Waals surface area contributed by atoms with Crippen molar-refractivity contribution < 1.29 is 9.60 Å². The molecule has 0 atom stereocenters. The predicted octanol–water partition coefficient (Wildman–Crippen LogP) is 1.20. The Bertz CT molecular complexity index is 66.1. The standard InChI is InChI=1S/C4H8FNO/c1-2-4(3-5)6-7/h7H,2-3H2,1H3. The van der Waals surface area contributed by atoms with Crippen molar-refractivity contribution >= 4 is 5.71 Å². The van der Waals surface area contributed by atoms with Crippen LogP contribution in [0.3, 0.4) is 0 Å². The number of nitrogens with zero attached hydrogens (tertiary/aromatic N) is 1. The van der Waals surface area contributed by atoms with E-state index in [-0.39, 0.29) is 5.71 Å². The Morgan fingerprint density at radius 3 is 2.43 bits per heavy atom. The average molecular weight is 105 g/mol. The topological polar surface area (TPSA) is 32.6 Å². The lowest BCUT2D eigenvalue weighted by atomic mass is 10.3. The van der Waals surface area contributed by atoms with Gasteiger partial charge in [0.05, 0.1) is 5.71 Å². The monoisotopic (exact) mass is 105 g/mol. The minimum absolute atomic E-state index is 0.194. The summed E-state index contributed by atoms with van der Waals surface area (Å²) in [6.07, 6.45) is 0.479. The Kier molecular flexibility index (Phi) is 3.28. The molecule has 0 unspecified atom stereocenters. The lowest BCUT2D eigenvalue weighted by Gasteiger charge is -1.87. The van der Waals surface area contributed by atoms with Crippen molar-refractivity contribution in [2.75, 3.05) is 6.67 Å². The molecule has 0 heterocycles. The smallest absolute Gasteiger partial charge is 0.131 e. The molecule has 7 heavy (non-hydrogen) atoms. The number of rotatable bonds is 2. The summed E-state index contributed by atoms with van der Waals surface area (Å²) in [7, 11) is 0. The zero-order valence-electron chi connectivity index (χ0n) is 4.19. The maximum absolute atomic E-state index is 11.4. The predicted molar refractivity (Wildman–Crippen MR) is 25.5 cm³/mol. The molecule has 0 bridgehead atoms. The minimum atomic E-state index is -0.646. The maximum atomic E-state index is 11.4. The molecule has 0 aromatic rings. The lowest BCUT2D eigenvalue weighted by Crippen LogP contribution is -1.96. The first-order valence-corrected chi connectivity index (χ1v) is 2.11. The van der Waals surface area contributed by atoms with Crippen LogP contribution in [0.4, 0.5) is 4.39 Å². The molecule has 0 saturated carbocycles. The molecule has 2 nitrogen and oxygen atoms in total. The Balaban J connectivity index is 3.38. The molecule has 0 aromatic carbocycles. The fourth-order valence-corrected chi connectivity index (χ4v) is 0.192. The summed E-state index contributed by atoms with van der Waals surface area (Å²) in [5, 5.41) is 10.5. The summed E-state index contributed by atoms with van der Waals surface area (Å²) in [6.45, 7) is 1.08. The van der Waals surface area contributed by atoms with E-state index in [1.807, 2.05) is 0 Å². The summed E-state index contributed by atoms with van der Waals surface area (Å²) < 4.78 is 11.4. The first kappa shape index (κ1) is 6.40. The highest BCUT2D eigenvalue weighted by molar-refractivity contribution is 5.84. The van der Waals surface area contributed by atoms with Crippen LogP contribution in [0.15, 0.2) is 5.16 Å². The van der Waals surface area contributed by atoms with Crippen LogP contribution in [0.1, 0.15) is 13.3 Å². The van der Waals surface area contributed by atoms with Gasteiger partial charge in [-0.2, -0.15) is 0 Å². The van der Waals surface area contributed by atoms with E-state index in [1.165, 1.54) is 0 Å². The van der Waals surface area contributed by atoms with Crippen LogP contribution in [-0.4, -0.2) is 17.6 Å². The van der Waals surface area contributed by atoms with Gasteiger partial charge in [0, 0.05) is 0 Å². The molecular formula is C4H8FNO. The van der Waals surface area contributed by atoms with E-state index in [0.717, 1.165) is 0 Å². The Morgan fingerprint density at radius 1 is 1.86 bits per heavy atom. The van der Waals surface area contributed by atoms with Crippen molar-refractivity contribution in [2.24, 2.45) is 5.16 Å². The van der Waals surface area contributed by atoms with Crippen molar-refractivity contribution in [3.8, 4) is 0 Å². The van der Waals surface area contributed by atoms with E-state index in [1.54, 1.807) is 6.92 Å². The van der Waals surface area contributed by atoms with Gasteiger partial charge in [-0.1, -0.05) is 12.1 Å². The van der Waals surface area contributed by atoms with Gasteiger partial charge in [0.25, 0.3) is 0 Å². The van der Waals surface area contributed by atoms with Crippen molar-refractivity contribution in [1.29, 1.82) is 0 Å². The number of hydrogen-bond acceptors (Lipinski definition) is 2. The van der Waals surface area contributed by atoms with E-state index in [0.29, 0.717) is 6.42 Å². The average Bonchev–Trinajstić information content (AvgIpc) is 1.72. The highest BCUT2D eigenvalue weighted by Crippen LogP contribution is 1.83. The summed E-state index contributed by atoms with van der Waals surface area (Å²) in [4.78, 5) is 0. The zero-order valence-corrected chi connectivity index (χ0v) is 4.19. The molecule has 3 heteroatoms. The van der Waals surface area contributed by atoms with Gasteiger partial charge in [-0.15, -0.1) is 0 Å². The largest absolute Gasteiger partial charge is 0.411 e. The van der Waals surface area contributed by atoms with Crippen molar-refractivity contribution in [2.45, 2.75) is 13.3 Å². The molecule has 0 aromatic heterocycles. The van der Waals surface area contributed by atoms with E-state index in [4.69, 9.17) is 5.21 Å². The molecule has 0 amide bonds. The first-order chi connectivity index (χ1) is 3.35. The van der Waals surface area contributed by atoms with Crippen LogP contribution in [0.2, 0.25) is 0 Å². The molecule has 0 fully saturated rings. The van der Waals surface area contributed by atoms with Gasteiger partial charge < -0.3 is 5.21 Å². The molecule has 0 saturated heterocycles. The first-order valence-electron chi connectivity index (χ1n) is 2.11. The van der Waals surface area contributed by atoms with Crippen molar-refractivity contribution in [3.63, 3.8) is 0 Å². The summed E-state index contributed by atoms with van der Waals surface area (Å²) in [5.74, 6) is 0. The molecule has 0 radical (unpaired) electrons. The van der Waals surface area contributed by atoms with Gasteiger partial charge in [-0.05, 0) is 6.42 Å². The minimum Gasteiger partial charge on any atom is -0.411 e. The molecule has 42 valence electrons. The number of alkyl halides is 1. The summed E-state index contributed by atoms with van der Waals surface area (Å²) >= 11 is 0. The van der Waals surface area contributed by atoms with Crippen molar-refractivity contribution in [3.05, 3.63) is 0 Å². The maximum Gasteiger partial charge on any atom is 0.131 e. The zero-order chi connectivity index (χ0) is 5.70. The second-order valence-electron chi connectivity index (χ2n) is 1.15. The molecule has 0 rings (SSSR count). The molecule has 0 aliphatic heterocycles. The number of oxime groups is 1. The molecule has 0 aliphatic carbocycles. The third-order valence-corrected chi connectivity index (χ3v) is 0.704. The Morgan fingerprint density at radius 2 is 2.43 bits per heavy atom. The highest BCUT2D eigenvalue weighted by Gasteiger charge is 1.90. The Hall–Kier alpha value is -0.600. The number of hydrogen-bond donors (Lipinski definition) is 1. The fourth-order valence-electron chi connectivity index (χ4n) is 0.192. The van der Waals surface area contributed by atoms with Gasteiger partial charge in [0.2, 0.25) is 0 Å². The van der Waals surface area contributed by atoms with Crippen LogP contribution < -0.4 is 0 Å². The van der Waals surface area contributed by atoms with Crippen LogP contribution >= 0.6 is 0 Å². The van der Waals surface area contributed by atoms with Gasteiger partial charge in [0.15, 0.2) is 0 Å². The molecule has 0 aliphatic rings. The molecule has 0 spiro atoms. The second kappa shape index (κ2) is 3.59. The fraction of sp³-hybridized carbons (Fsp3) is 0.750. The van der Waals surface area contributed by atoms with E-state index in [2.05, 4.69) is 5.16 Å². The van der Waals surface area contributed by atoms with E-state index in [9.17, 15) is 4.39 Å². The molecule has 1 N–H and O–H groups in total. The van der Waals surface area contributed by atoms with E-state index >= 15 is 0 Å². The van der Waals surface area contributed by atoms with Crippen LogP contribution in [-0.2, 0) is 0 Å². The third-order valence-electron chi connectivity index (χ3n) is 0.704. The second-order valence-corrected chi connectivity index (χ2v) is 1.15. The van der Waals surface area contributed by atoms with Gasteiger partial charge >= 0.3 is 0 Å². The van der Waals surface area contributed by atoms with Gasteiger partial charge in [0.1, 0.15) is 6.67 Å². The Labute approximate surface area is 41.6 Å². The SMILES string of the molecule is CCC(CF)=NO. The van der Waals surface area contributed by atoms with Crippen LogP contribution in [0, 0.1) is 0 Å². The van der Waals surface area contributed by atoms with Crippen LogP contribution in [0.5, 0.6) is 0 Å². The quantitative estimate of drug-likeness (QED) is 0.319. The van der Waals surface area contributed by atoms with E-state index < -0.39 is 6.67 Å². The lowest BCUT2D eigenvalue weighted by molar-refractivity contribution is 0.314. The summed E-state index contributed by atoms with van der Waals surface area (Å²) in [5.41, 5.74) is 0.194. The van der Waals surface area contributed by atoms with Crippen molar-refractivity contribution in [1.82, 2.24) is 0 Å². The highest BCUT2D eigenvalue weighted by atomic mass is 19.1.